The topological polar surface area (TPSA) is 215 Å². The van der Waals surface area contributed by atoms with E-state index >= 15 is 0 Å². The largest absolute Gasteiger partial charge is 0.480 e. The molecule has 0 aliphatic rings. The van der Waals surface area contributed by atoms with E-state index in [1.807, 2.05) is 42.7 Å². The van der Waals surface area contributed by atoms with E-state index < -0.39 is 47.9 Å². The quantitative estimate of drug-likeness (QED) is 0.0704. The zero-order chi connectivity index (χ0) is 30.9. The van der Waals surface area contributed by atoms with Crippen LogP contribution in [0.5, 0.6) is 0 Å². The van der Waals surface area contributed by atoms with Crippen molar-refractivity contribution in [2.45, 2.75) is 56.3 Å². The first-order chi connectivity index (χ1) is 20.1. The average Bonchev–Trinajstić information content (AvgIpc) is 2.97. The molecule has 42 heavy (non-hydrogen) atoms. The van der Waals surface area contributed by atoms with E-state index in [1.165, 1.54) is 11.8 Å². The van der Waals surface area contributed by atoms with Crippen molar-refractivity contribution >= 4 is 41.4 Å². The Balaban J connectivity index is 2.16. The minimum absolute atomic E-state index is 0.0533. The van der Waals surface area contributed by atoms with Crippen molar-refractivity contribution in [1.82, 2.24) is 16.0 Å². The molecule has 0 aromatic heterocycles. The van der Waals surface area contributed by atoms with Crippen LogP contribution in [0.15, 0.2) is 65.7 Å². The van der Waals surface area contributed by atoms with Crippen LogP contribution < -0.4 is 33.2 Å². The average molecular weight is 600 g/mol. The maximum absolute atomic E-state index is 13.5. The number of nitrogens with zero attached hydrogens (tertiary/aromatic N) is 1. The SMILES string of the molecule is CSCCC(NC(=O)C(Cc1ccccc1)NC(=O)C(N)CCCN=C(N)N)C(=O)NC(Cc1ccccc1)C(=O)O. The van der Waals surface area contributed by atoms with Gasteiger partial charge in [0, 0.05) is 19.4 Å². The number of nitrogens with two attached hydrogens (primary N) is 3. The highest BCUT2D eigenvalue weighted by Gasteiger charge is 2.30. The molecule has 0 bridgehead atoms. The highest BCUT2D eigenvalue weighted by molar-refractivity contribution is 7.98. The van der Waals surface area contributed by atoms with E-state index in [2.05, 4.69) is 20.9 Å². The van der Waals surface area contributed by atoms with Gasteiger partial charge in [0.1, 0.15) is 18.1 Å². The van der Waals surface area contributed by atoms with Gasteiger partial charge in [0.15, 0.2) is 5.96 Å². The van der Waals surface area contributed by atoms with Gasteiger partial charge in [-0.2, -0.15) is 11.8 Å². The lowest BCUT2D eigenvalue weighted by molar-refractivity contribution is -0.142. The molecule has 10 N–H and O–H groups in total. The number of carboxylic acids is 1. The van der Waals surface area contributed by atoms with Crippen molar-refractivity contribution < 1.29 is 24.3 Å². The molecule has 0 radical (unpaired) electrons. The van der Waals surface area contributed by atoms with Crippen molar-refractivity contribution in [2.75, 3.05) is 18.6 Å². The Bertz CT molecular complexity index is 1180. The second-order valence-corrected chi connectivity index (χ2v) is 10.7. The number of aliphatic imine (C=N–C) groups is 1. The molecule has 2 aromatic rings. The van der Waals surface area contributed by atoms with Gasteiger partial charge in [0.05, 0.1) is 6.04 Å². The van der Waals surface area contributed by atoms with Gasteiger partial charge in [-0.3, -0.25) is 19.4 Å². The highest BCUT2D eigenvalue weighted by Crippen LogP contribution is 2.09. The van der Waals surface area contributed by atoms with Gasteiger partial charge in [-0.25, -0.2) is 4.79 Å². The summed E-state index contributed by atoms with van der Waals surface area (Å²) in [6.45, 7) is 0.311. The van der Waals surface area contributed by atoms with Crippen LogP contribution >= 0.6 is 11.8 Å². The molecule has 0 fully saturated rings. The molecular formula is C29H41N7O5S. The predicted octanol–water partition coefficient (Wildman–Crippen LogP) is 0.145. The van der Waals surface area contributed by atoms with Crippen molar-refractivity contribution in [3.8, 4) is 0 Å². The van der Waals surface area contributed by atoms with Gasteiger partial charge in [0.2, 0.25) is 17.7 Å². The minimum atomic E-state index is -1.19. The fourth-order valence-electron chi connectivity index (χ4n) is 4.09. The van der Waals surface area contributed by atoms with Crippen LogP contribution in [0.1, 0.15) is 30.4 Å². The number of carbonyl (C=O) groups excluding carboxylic acids is 3. The lowest BCUT2D eigenvalue weighted by Gasteiger charge is -2.25. The fourth-order valence-corrected chi connectivity index (χ4v) is 4.56. The summed E-state index contributed by atoms with van der Waals surface area (Å²) in [6.07, 6.45) is 3.11. The molecule has 4 unspecified atom stereocenters. The number of nitrogens with one attached hydrogen (secondary N) is 3. The first-order valence-corrected chi connectivity index (χ1v) is 15.0. The van der Waals surface area contributed by atoms with Crippen molar-refractivity contribution in [1.29, 1.82) is 0 Å². The third kappa shape index (κ3) is 12.6. The molecule has 0 saturated heterocycles. The summed E-state index contributed by atoms with van der Waals surface area (Å²) < 4.78 is 0. The molecule has 0 saturated carbocycles. The van der Waals surface area contributed by atoms with Crippen molar-refractivity contribution in [3.63, 3.8) is 0 Å². The molecule has 13 heteroatoms. The maximum atomic E-state index is 13.5. The predicted molar refractivity (Wildman–Crippen MR) is 165 cm³/mol. The standard InChI is InChI=1S/C29H41N7O5S/c1-42-16-14-22(26(38)36-24(28(40)41)18-20-11-6-3-7-12-20)34-27(39)23(17-19-9-4-2-5-10-19)35-25(37)21(30)13-8-15-33-29(31)32/h2-7,9-12,21-24H,8,13-18,30H2,1H3,(H,34,39)(H,35,37)(H,36,38)(H,40,41)(H4,31,32,33). The zero-order valence-corrected chi connectivity index (χ0v) is 24.5. The Hall–Kier alpha value is -4.10. The number of carboxylic acid groups (broad SMARTS) is 1. The molecule has 228 valence electrons. The molecule has 0 aliphatic carbocycles. The number of rotatable bonds is 18. The molecule has 4 atom stereocenters. The summed E-state index contributed by atoms with van der Waals surface area (Å²) in [5.74, 6) is -2.45. The van der Waals surface area contributed by atoms with Gasteiger partial charge >= 0.3 is 5.97 Å². The first-order valence-electron chi connectivity index (χ1n) is 13.6. The summed E-state index contributed by atoms with van der Waals surface area (Å²) in [4.78, 5) is 55.5. The number of aliphatic carboxylic acids is 1. The van der Waals surface area contributed by atoms with Gasteiger partial charge < -0.3 is 38.3 Å². The molecular weight excluding hydrogens is 558 g/mol. The summed E-state index contributed by atoms with van der Waals surface area (Å²) in [7, 11) is 0. The maximum Gasteiger partial charge on any atom is 0.326 e. The Morgan fingerprint density at radius 2 is 1.29 bits per heavy atom. The number of carbonyl (C=O) groups is 4. The lowest BCUT2D eigenvalue weighted by Crippen LogP contribution is -2.58. The van der Waals surface area contributed by atoms with Crippen LogP contribution in [0.4, 0.5) is 0 Å². The first kappa shape index (κ1) is 34.1. The monoisotopic (exact) mass is 599 g/mol. The van der Waals surface area contributed by atoms with Gasteiger partial charge in [0.25, 0.3) is 0 Å². The molecule has 12 nitrogen and oxygen atoms in total. The van der Waals surface area contributed by atoms with Crippen LogP contribution in [-0.2, 0) is 32.0 Å². The summed E-state index contributed by atoms with van der Waals surface area (Å²) in [5, 5.41) is 17.8. The second kappa shape index (κ2) is 18.4. The van der Waals surface area contributed by atoms with E-state index in [1.54, 1.807) is 24.3 Å². The Morgan fingerprint density at radius 3 is 1.81 bits per heavy atom. The van der Waals surface area contributed by atoms with Crippen LogP contribution in [0.25, 0.3) is 0 Å². The summed E-state index contributed by atoms with van der Waals surface area (Å²) >= 11 is 1.48. The van der Waals surface area contributed by atoms with E-state index in [0.717, 1.165) is 11.1 Å². The molecule has 0 heterocycles. The van der Waals surface area contributed by atoms with Gasteiger partial charge in [-0.05, 0) is 42.4 Å². The van der Waals surface area contributed by atoms with Gasteiger partial charge in [-0.15, -0.1) is 0 Å². The van der Waals surface area contributed by atoms with E-state index in [-0.39, 0.29) is 25.2 Å². The van der Waals surface area contributed by atoms with Crippen LogP contribution in [-0.4, -0.2) is 77.5 Å². The molecule has 2 aromatic carbocycles. The second-order valence-electron chi connectivity index (χ2n) is 9.74. The minimum Gasteiger partial charge on any atom is -0.480 e. The third-order valence-electron chi connectivity index (χ3n) is 6.36. The smallest absolute Gasteiger partial charge is 0.326 e. The van der Waals surface area contributed by atoms with E-state index in [4.69, 9.17) is 17.2 Å². The Labute approximate surface area is 250 Å². The van der Waals surface area contributed by atoms with Crippen LogP contribution in [0, 0.1) is 0 Å². The number of benzene rings is 2. The van der Waals surface area contributed by atoms with Gasteiger partial charge in [-0.1, -0.05) is 60.7 Å². The lowest BCUT2D eigenvalue weighted by atomic mass is 10.0. The number of hydrogen-bond acceptors (Lipinski definition) is 7. The highest BCUT2D eigenvalue weighted by atomic mass is 32.2. The van der Waals surface area contributed by atoms with Crippen molar-refractivity contribution in [3.05, 3.63) is 71.8 Å². The van der Waals surface area contributed by atoms with E-state index in [0.29, 0.717) is 25.1 Å². The zero-order valence-electron chi connectivity index (χ0n) is 23.7. The fraction of sp³-hybridized carbons (Fsp3) is 0.414. The molecule has 0 aliphatic heterocycles. The normalized spacial score (nSPS) is 13.6. The van der Waals surface area contributed by atoms with Crippen LogP contribution in [0.3, 0.4) is 0 Å². The third-order valence-corrected chi connectivity index (χ3v) is 7.00. The Kier molecular flexibility index (Phi) is 14.9. The molecule has 3 amide bonds. The number of thioether (sulfide) groups is 1. The summed E-state index contributed by atoms with van der Waals surface area (Å²) in [6, 6.07) is 13.9. The number of hydrogen-bond donors (Lipinski definition) is 7. The Morgan fingerprint density at radius 1 is 0.786 bits per heavy atom. The van der Waals surface area contributed by atoms with Crippen molar-refractivity contribution in [2.24, 2.45) is 22.2 Å². The number of amides is 3. The van der Waals surface area contributed by atoms with Crippen LogP contribution in [0.2, 0.25) is 0 Å². The summed E-state index contributed by atoms with van der Waals surface area (Å²) in [5.41, 5.74) is 18.2. The number of guanidine groups is 1. The molecule has 2 rings (SSSR count). The van der Waals surface area contributed by atoms with E-state index in [9.17, 15) is 24.3 Å². The molecule has 0 spiro atoms.